The molecule has 128 valence electrons. The van der Waals surface area contributed by atoms with Crippen molar-refractivity contribution in [3.05, 3.63) is 47.8 Å². The summed E-state index contributed by atoms with van der Waals surface area (Å²) in [4.78, 5) is 8.45. The Kier molecular flexibility index (Phi) is 4.82. The number of piperidine rings is 1. The number of aryl methyl sites for hydroxylation is 2. The number of rotatable bonds is 4. The number of ether oxygens (including phenoxy) is 1. The van der Waals surface area contributed by atoms with Crippen molar-refractivity contribution < 1.29 is 13.2 Å². The molecule has 0 bridgehead atoms. The first kappa shape index (κ1) is 16.9. The predicted octanol–water partition coefficient (Wildman–Crippen LogP) is 2.33. The molecule has 7 heteroatoms. The topological polar surface area (TPSA) is 72.4 Å². The average molecular weight is 347 g/mol. The second-order valence-electron chi connectivity index (χ2n) is 6.05. The highest BCUT2D eigenvalue weighted by molar-refractivity contribution is 7.89. The molecule has 1 aromatic heterocycles. The van der Waals surface area contributed by atoms with Crippen molar-refractivity contribution in [3.63, 3.8) is 0 Å². The zero-order valence-electron chi connectivity index (χ0n) is 13.8. The van der Waals surface area contributed by atoms with Gasteiger partial charge in [0.05, 0.1) is 11.4 Å². The minimum absolute atomic E-state index is 0.235. The molecule has 2 heterocycles. The molecule has 24 heavy (non-hydrogen) atoms. The van der Waals surface area contributed by atoms with Gasteiger partial charge in [0.15, 0.2) is 0 Å². The highest BCUT2D eigenvalue weighted by Crippen LogP contribution is 2.25. The summed E-state index contributed by atoms with van der Waals surface area (Å²) in [5, 5.41) is 0. The fraction of sp³-hybridized carbons (Fsp3) is 0.412. The van der Waals surface area contributed by atoms with Crippen LogP contribution < -0.4 is 4.74 Å². The molecule has 1 fully saturated rings. The summed E-state index contributed by atoms with van der Waals surface area (Å²) in [5.74, 6) is 0. The van der Waals surface area contributed by atoms with Crippen LogP contribution >= 0.6 is 0 Å². The number of hydrogen-bond donors (Lipinski definition) is 0. The summed E-state index contributed by atoms with van der Waals surface area (Å²) in [5.41, 5.74) is 1.82. The van der Waals surface area contributed by atoms with E-state index in [1.54, 1.807) is 24.5 Å². The van der Waals surface area contributed by atoms with Crippen molar-refractivity contribution in [2.75, 3.05) is 13.1 Å². The normalized spacial score (nSPS) is 19.2. The van der Waals surface area contributed by atoms with E-state index >= 15 is 0 Å². The van der Waals surface area contributed by atoms with Gasteiger partial charge in [0.1, 0.15) is 6.10 Å². The van der Waals surface area contributed by atoms with Crippen LogP contribution in [0.25, 0.3) is 0 Å². The number of hydrogen-bond acceptors (Lipinski definition) is 5. The molecule has 0 amide bonds. The maximum absolute atomic E-state index is 13.0. The zero-order valence-corrected chi connectivity index (χ0v) is 14.7. The molecule has 6 nitrogen and oxygen atoms in total. The van der Waals surface area contributed by atoms with Gasteiger partial charge in [0.2, 0.25) is 10.0 Å². The molecule has 0 radical (unpaired) electrons. The van der Waals surface area contributed by atoms with Crippen molar-refractivity contribution in [2.24, 2.45) is 0 Å². The maximum Gasteiger partial charge on any atom is 0.316 e. The summed E-state index contributed by atoms with van der Waals surface area (Å²) in [6.07, 6.45) is 4.52. The van der Waals surface area contributed by atoms with E-state index in [1.807, 2.05) is 26.0 Å². The van der Waals surface area contributed by atoms with Gasteiger partial charge in [0.25, 0.3) is 0 Å². The van der Waals surface area contributed by atoms with Gasteiger partial charge in [-0.3, -0.25) is 0 Å². The Morgan fingerprint density at radius 2 is 1.96 bits per heavy atom. The molecular weight excluding hydrogens is 326 g/mol. The van der Waals surface area contributed by atoms with E-state index in [4.69, 9.17) is 4.74 Å². The van der Waals surface area contributed by atoms with Crippen LogP contribution in [0, 0.1) is 13.8 Å². The predicted molar refractivity (Wildman–Crippen MR) is 90.4 cm³/mol. The van der Waals surface area contributed by atoms with Crippen LogP contribution in [0.4, 0.5) is 0 Å². The number of aromatic nitrogens is 2. The van der Waals surface area contributed by atoms with Crippen LogP contribution in [0.1, 0.15) is 24.0 Å². The van der Waals surface area contributed by atoms with Crippen molar-refractivity contribution in [1.82, 2.24) is 14.3 Å². The molecule has 0 aliphatic carbocycles. The van der Waals surface area contributed by atoms with Crippen LogP contribution in [0.5, 0.6) is 6.01 Å². The van der Waals surface area contributed by atoms with Crippen LogP contribution in [-0.4, -0.2) is 41.9 Å². The molecule has 1 saturated heterocycles. The number of nitrogens with zero attached hydrogens (tertiary/aromatic N) is 3. The highest BCUT2D eigenvalue weighted by Gasteiger charge is 2.32. The zero-order chi connectivity index (χ0) is 17.2. The van der Waals surface area contributed by atoms with Gasteiger partial charge in [-0.2, -0.15) is 4.31 Å². The van der Waals surface area contributed by atoms with Gasteiger partial charge in [-0.05, 0) is 44.4 Å². The lowest BCUT2D eigenvalue weighted by Crippen LogP contribution is -2.44. The first-order valence-corrected chi connectivity index (χ1v) is 9.42. The van der Waals surface area contributed by atoms with Crippen molar-refractivity contribution in [2.45, 2.75) is 37.7 Å². The first-order chi connectivity index (χ1) is 11.5. The van der Waals surface area contributed by atoms with E-state index in [1.165, 1.54) is 4.31 Å². The van der Waals surface area contributed by atoms with Gasteiger partial charge < -0.3 is 4.74 Å². The second kappa shape index (κ2) is 6.86. The minimum atomic E-state index is -3.52. The number of benzene rings is 1. The molecule has 1 unspecified atom stereocenters. The van der Waals surface area contributed by atoms with E-state index < -0.39 is 10.0 Å². The Morgan fingerprint density at radius 1 is 1.21 bits per heavy atom. The van der Waals surface area contributed by atoms with E-state index in [-0.39, 0.29) is 12.1 Å². The molecule has 2 aromatic rings. The Labute approximate surface area is 142 Å². The largest absolute Gasteiger partial charge is 0.459 e. The molecule has 1 atom stereocenters. The quantitative estimate of drug-likeness (QED) is 0.849. The van der Waals surface area contributed by atoms with Crippen LogP contribution in [-0.2, 0) is 10.0 Å². The van der Waals surface area contributed by atoms with E-state index in [0.717, 1.165) is 24.0 Å². The third-order valence-corrected chi connectivity index (χ3v) is 6.13. The van der Waals surface area contributed by atoms with Gasteiger partial charge in [0, 0.05) is 18.9 Å². The molecule has 0 spiro atoms. The molecule has 1 aliphatic heterocycles. The summed E-state index contributed by atoms with van der Waals surface area (Å²) in [7, 11) is -3.52. The Hall–Kier alpha value is -1.99. The monoisotopic (exact) mass is 347 g/mol. The van der Waals surface area contributed by atoms with Crippen molar-refractivity contribution >= 4 is 10.0 Å². The van der Waals surface area contributed by atoms with E-state index in [0.29, 0.717) is 18.0 Å². The average Bonchev–Trinajstić information content (AvgIpc) is 2.56. The van der Waals surface area contributed by atoms with Crippen molar-refractivity contribution in [1.29, 1.82) is 0 Å². The second-order valence-corrected chi connectivity index (χ2v) is 7.95. The van der Waals surface area contributed by atoms with Gasteiger partial charge in [-0.15, -0.1) is 0 Å². The Bertz CT molecular complexity index is 809. The van der Waals surface area contributed by atoms with Gasteiger partial charge in [-0.25, -0.2) is 18.4 Å². The number of sulfonamides is 1. The standard InChI is InChI=1S/C17H21N3O3S/c1-13-6-7-16(14(2)11-13)24(21,22)20-10-3-5-15(12-20)23-17-18-8-4-9-19-17/h4,6-9,11,15H,3,5,10,12H2,1-2H3. The molecule has 3 rings (SSSR count). The smallest absolute Gasteiger partial charge is 0.316 e. The SMILES string of the molecule is Cc1ccc(S(=O)(=O)N2CCCC(Oc3ncccn3)C2)c(C)c1. The summed E-state index contributed by atoms with van der Waals surface area (Å²) >= 11 is 0. The van der Waals surface area contributed by atoms with Crippen molar-refractivity contribution in [3.8, 4) is 6.01 Å². The summed E-state index contributed by atoms with van der Waals surface area (Å²) in [6, 6.07) is 7.40. The lowest BCUT2D eigenvalue weighted by atomic mass is 10.1. The van der Waals surface area contributed by atoms with E-state index in [2.05, 4.69) is 9.97 Å². The van der Waals surface area contributed by atoms with Gasteiger partial charge >= 0.3 is 6.01 Å². The fourth-order valence-corrected chi connectivity index (χ4v) is 4.66. The Morgan fingerprint density at radius 3 is 2.67 bits per heavy atom. The molecule has 0 saturated carbocycles. The minimum Gasteiger partial charge on any atom is -0.459 e. The maximum atomic E-state index is 13.0. The van der Waals surface area contributed by atoms with Crippen LogP contribution in [0.15, 0.2) is 41.6 Å². The molecular formula is C17H21N3O3S. The highest BCUT2D eigenvalue weighted by atomic mass is 32.2. The molecule has 1 aromatic carbocycles. The third-order valence-electron chi connectivity index (χ3n) is 4.10. The third kappa shape index (κ3) is 3.57. The molecule has 1 aliphatic rings. The summed E-state index contributed by atoms with van der Waals surface area (Å²) in [6.45, 7) is 4.60. The summed E-state index contributed by atoms with van der Waals surface area (Å²) < 4.78 is 33.2. The lowest BCUT2D eigenvalue weighted by molar-refractivity contribution is 0.119. The van der Waals surface area contributed by atoms with Crippen LogP contribution in [0.3, 0.4) is 0 Å². The van der Waals surface area contributed by atoms with E-state index in [9.17, 15) is 8.42 Å². The van der Waals surface area contributed by atoms with Gasteiger partial charge in [-0.1, -0.05) is 17.7 Å². The first-order valence-electron chi connectivity index (χ1n) is 7.98. The van der Waals surface area contributed by atoms with Crippen LogP contribution in [0.2, 0.25) is 0 Å². The molecule has 0 N–H and O–H groups in total. The lowest BCUT2D eigenvalue weighted by Gasteiger charge is -2.31. The fourth-order valence-electron chi connectivity index (χ4n) is 2.94. The Balaban J connectivity index is 1.78.